The van der Waals surface area contributed by atoms with Gasteiger partial charge in [0.05, 0.1) is 24.4 Å². The number of nitrogens with zero attached hydrogens (tertiary/aromatic N) is 2. The van der Waals surface area contributed by atoms with E-state index in [1.807, 2.05) is 61.1 Å². The Bertz CT molecular complexity index is 1370. The van der Waals surface area contributed by atoms with Crippen molar-refractivity contribution in [3.8, 4) is 22.5 Å². The number of benzene rings is 3. The van der Waals surface area contributed by atoms with Crippen molar-refractivity contribution >= 4 is 48.4 Å². The van der Waals surface area contributed by atoms with Crippen molar-refractivity contribution in [3.05, 3.63) is 94.0 Å². The summed E-state index contributed by atoms with van der Waals surface area (Å²) in [6.07, 6.45) is -0.120. The number of aliphatic carboxylic acids is 1. The molecule has 6 nitrogen and oxygen atoms in total. The van der Waals surface area contributed by atoms with E-state index >= 15 is 0 Å². The number of carboxylic acid groups (broad SMARTS) is 1. The first-order chi connectivity index (χ1) is 16.8. The Balaban J connectivity index is 1.62. The number of carboxylic acids is 1. The summed E-state index contributed by atoms with van der Waals surface area (Å²) in [4.78, 5) is 22.9. The van der Waals surface area contributed by atoms with Gasteiger partial charge in [-0.3, -0.25) is 14.3 Å². The van der Waals surface area contributed by atoms with E-state index in [0.29, 0.717) is 22.2 Å². The van der Waals surface area contributed by atoms with Crippen LogP contribution in [0.2, 0.25) is 10.0 Å². The zero-order chi connectivity index (χ0) is 24.9. The first kappa shape index (κ1) is 24.6. The molecule has 1 amide bonds. The Labute approximate surface area is 213 Å². The van der Waals surface area contributed by atoms with Crippen LogP contribution in [-0.4, -0.2) is 41.2 Å². The molecule has 0 aliphatic heterocycles. The molecule has 0 unspecified atom stereocenters. The third-order valence-electron chi connectivity index (χ3n) is 5.43. The Hall–Kier alpha value is -3.55. The molecule has 1 heterocycles. The number of nitrogens with one attached hydrogen (secondary N) is 1. The maximum absolute atomic E-state index is 12.2. The first-order valence-corrected chi connectivity index (χ1v) is 11.7. The number of carbonyl (C=O) groups is 2. The number of halogens is 2. The Kier molecular flexibility index (Phi) is 7.59. The van der Waals surface area contributed by atoms with Crippen molar-refractivity contribution in [2.45, 2.75) is 13.0 Å². The highest BCUT2D eigenvalue weighted by atomic mass is 35.5. The summed E-state index contributed by atoms with van der Waals surface area (Å²) in [6, 6.07) is 22.7. The standard InChI is InChI=1S/C26H22BCl2N3O3/c27-20-3-1-2-18(10-20)24-14-23(19-11-21(28)13-22(29)12-19)31-32(24)15-16-4-6-17(7-5-16)26(35)30-9-8-25(33)34/h1-7,10-14H,8-9,15,27H2,(H,30,35)(H,33,34). The lowest BCUT2D eigenvalue weighted by atomic mass is 9.93. The molecule has 0 aliphatic carbocycles. The van der Waals surface area contributed by atoms with E-state index in [4.69, 9.17) is 33.4 Å². The van der Waals surface area contributed by atoms with Crippen LogP contribution in [0.4, 0.5) is 0 Å². The highest BCUT2D eigenvalue weighted by molar-refractivity contribution is 6.35. The fraction of sp³-hybridized carbons (Fsp3) is 0.115. The third-order valence-corrected chi connectivity index (χ3v) is 5.86. The summed E-state index contributed by atoms with van der Waals surface area (Å²) in [7, 11) is 2.04. The molecular weight excluding hydrogens is 484 g/mol. The van der Waals surface area contributed by atoms with E-state index < -0.39 is 5.97 Å². The van der Waals surface area contributed by atoms with Gasteiger partial charge in [0.15, 0.2) is 0 Å². The minimum Gasteiger partial charge on any atom is -0.481 e. The SMILES string of the molecule is Bc1cccc(-c2cc(-c3cc(Cl)cc(Cl)c3)nn2Cc2ccc(C(=O)NCCC(=O)O)cc2)c1. The zero-order valence-corrected chi connectivity index (χ0v) is 20.5. The molecule has 0 spiro atoms. The fourth-order valence-electron chi connectivity index (χ4n) is 3.74. The van der Waals surface area contributed by atoms with Crippen molar-refractivity contribution in [1.82, 2.24) is 15.1 Å². The number of hydrogen-bond acceptors (Lipinski definition) is 3. The van der Waals surface area contributed by atoms with Gasteiger partial charge in [0.25, 0.3) is 5.91 Å². The first-order valence-electron chi connectivity index (χ1n) is 11.0. The number of hydrogen-bond donors (Lipinski definition) is 2. The Morgan fingerprint density at radius 2 is 1.66 bits per heavy atom. The molecule has 0 radical (unpaired) electrons. The van der Waals surface area contributed by atoms with Crippen LogP contribution in [0.15, 0.2) is 72.8 Å². The lowest BCUT2D eigenvalue weighted by molar-refractivity contribution is -0.136. The van der Waals surface area contributed by atoms with Crippen molar-refractivity contribution in [2.75, 3.05) is 6.54 Å². The van der Waals surface area contributed by atoms with Crippen LogP contribution in [0.1, 0.15) is 22.3 Å². The van der Waals surface area contributed by atoms with Gasteiger partial charge in [0, 0.05) is 27.7 Å². The molecule has 0 saturated heterocycles. The van der Waals surface area contributed by atoms with Crippen molar-refractivity contribution in [3.63, 3.8) is 0 Å². The average Bonchev–Trinajstić information content (AvgIpc) is 3.22. The van der Waals surface area contributed by atoms with E-state index in [1.54, 1.807) is 18.2 Å². The summed E-state index contributed by atoms with van der Waals surface area (Å²) in [6.45, 7) is 0.567. The second-order valence-corrected chi connectivity index (χ2v) is 9.07. The van der Waals surface area contributed by atoms with E-state index in [0.717, 1.165) is 33.5 Å². The number of aromatic nitrogens is 2. The summed E-state index contributed by atoms with van der Waals surface area (Å²) in [5.41, 5.74) is 6.11. The van der Waals surface area contributed by atoms with E-state index in [1.165, 1.54) is 0 Å². The predicted molar refractivity (Wildman–Crippen MR) is 141 cm³/mol. The molecule has 0 saturated carbocycles. The highest BCUT2D eigenvalue weighted by Crippen LogP contribution is 2.30. The smallest absolute Gasteiger partial charge is 0.305 e. The van der Waals surface area contributed by atoms with E-state index in [9.17, 15) is 9.59 Å². The van der Waals surface area contributed by atoms with Gasteiger partial charge < -0.3 is 10.4 Å². The molecule has 1 aromatic heterocycles. The highest BCUT2D eigenvalue weighted by Gasteiger charge is 2.14. The molecule has 35 heavy (non-hydrogen) atoms. The Morgan fingerprint density at radius 3 is 2.31 bits per heavy atom. The molecule has 4 rings (SSSR count). The quantitative estimate of drug-likeness (QED) is 0.354. The van der Waals surface area contributed by atoms with Crippen molar-refractivity contribution in [2.24, 2.45) is 0 Å². The average molecular weight is 506 g/mol. The number of amides is 1. The largest absolute Gasteiger partial charge is 0.481 e. The van der Waals surface area contributed by atoms with Crippen molar-refractivity contribution in [1.29, 1.82) is 0 Å². The van der Waals surface area contributed by atoms with Crippen LogP contribution in [0.5, 0.6) is 0 Å². The molecule has 0 atom stereocenters. The molecular formula is C26H22BCl2N3O3. The topological polar surface area (TPSA) is 84.2 Å². The molecule has 3 aromatic carbocycles. The minimum absolute atomic E-state index is 0.0827. The van der Waals surface area contributed by atoms with Gasteiger partial charge in [-0.15, -0.1) is 0 Å². The molecule has 4 aromatic rings. The van der Waals surface area contributed by atoms with Crippen LogP contribution >= 0.6 is 23.2 Å². The summed E-state index contributed by atoms with van der Waals surface area (Å²) >= 11 is 12.4. The van der Waals surface area contributed by atoms with Crippen LogP contribution in [-0.2, 0) is 11.3 Å². The number of carbonyl (C=O) groups excluding carboxylic acids is 1. The summed E-state index contributed by atoms with van der Waals surface area (Å²) < 4.78 is 1.92. The van der Waals surface area contributed by atoms with Crippen LogP contribution in [0.3, 0.4) is 0 Å². The molecule has 176 valence electrons. The van der Waals surface area contributed by atoms with Crippen LogP contribution < -0.4 is 10.8 Å². The fourth-order valence-corrected chi connectivity index (χ4v) is 4.26. The second kappa shape index (κ2) is 10.8. The maximum atomic E-state index is 12.2. The molecule has 0 fully saturated rings. The van der Waals surface area contributed by atoms with Crippen LogP contribution in [0.25, 0.3) is 22.5 Å². The van der Waals surface area contributed by atoms with Gasteiger partial charge in [-0.05, 0) is 47.5 Å². The Morgan fingerprint density at radius 1 is 0.943 bits per heavy atom. The van der Waals surface area contributed by atoms with Gasteiger partial charge in [0.1, 0.15) is 7.85 Å². The number of rotatable bonds is 8. The zero-order valence-electron chi connectivity index (χ0n) is 19.0. The molecule has 9 heteroatoms. The van der Waals surface area contributed by atoms with E-state index in [-0.39, 0.29) is 18.9 Å². The van der Waals surface area contributed by atoms with Gasteiger partial charge >= 0.3 is 5.97 Å². The maximum Gasteiger partial charge on any atom is 0.305 e. The van der Waals surface area contributed by atoms with Gasteiger partial charge in [-0.1, -0.05) is 65.1 Å². The normalized spacial score (nSPS) is 10.8. The van der Waals surface area contributed by atoms with Crippen LogP contribution in [0, 0.1) is 0 Å². The molecule has 0 aliphatic rings. The van der Waals surface area contributed by atoms with Crippen molar-refractivity contribution < 1.29 is 14.7 Å². The second-order valence-electron chi connectivity index (χ2n) is 8.20. The van der Waals surface area contributed by atoms with Gasteiger partial charge in [-0.2, -0.15) is 5.10 Å². The summed E-state index contributed by atoms with van der Waals surface area (Å²) in [5, 5.41) is 17.2. The molecule has 2 N–H and O–H groups in total. The summed E-state index contributed by atoms with van der Waals surface area (Å²) in [5.74, 6) is -1.26. The minimum atomic E-state index is -0.955. The third kappa shape index (κ3) is 6.32. The van der Waals surface area contributed by atoms with Gasteiger partial charge in [-0.25, -0.2) is 0 Å². The lowest BCUT2D eigenvalue weighted by Crippen LogP contribution is -2.25. The predicted octanol–water partition coefficient (Wildman–Crippen LogP) is 4.04. The lowest BCUT2D eigenvalue weighted by Gasteiger charge is -2.09. The van der Waals surface area contributed by atoms with Gasteiger partial charge in [0.2, 0.25) is 0 Å². The monoisotopic (exact) mass is 505 g/mol. The molecule has 0 bridgehead atoms. The van der Waals surface area contributed by atoms with E-state index in [2.05, 4.69) is 11.4 Å².